The number of rotatable bonds is 5. The number of benzene rings is 1. The van der Waals surface area contributed by atoms with Crippen LogP contribution in [0.15, 0.2) is 57.0 Å². The summed E-state index contributed by atoms with van der Waals surface area (Å²) in [5, 5.41) is 13.1. The molecule has 0 aliphatic carbocycles. The number of amides is 1. The minimum Gasteiger partial charge on any atom is -0.423 e. The van der Waals surface area contributed by atoms with Gasteiger partial charge < -0.3 is 19.5 Å². The van der Waals surface area contributed by atoms with Crippen molar-refractivity contribution in [2.45, 2.75) is 6.42 Å². The second kappa shape index (κ2) is 6.83. The number of nitrogens with one attached hydrogen (secondary N) is 1. The zero-order chi connectivity index (χ0) is 18.1. The highest BCUT2D eigenvalue weighted by atomic mass is 32.2. The van der Waals surface area contributed by atoms with Crippen molar-refractivity contribution in [2.24, 2.45) is 0 Å². The molecule has 7 nitrogen and oxygen atoms in total. The molecule has 0 fully saturated rings. The van der Waals surface area contributed by atoms with Crippen LogP contribution in [0, 0.1) is 0 Å². The molecule has 0 saturated carbocycles. The van der Waals surface area contributed by atoms with Crippen molar-refractivity contribution in [3.05, 3.63) is 58.2 Å². The summed E-state index contributed by atoms with van der Waals surface area (Å²) in [6.07, 6.45) is 1.51. The molecule has 0 spiro atoms. The highest BCUT2D eigenvalue weighted by Crippen LogP contribution is 2.40. The first-order valence-electron chi connectivity index (χ1n) is 7.95. The van der Waals surface area contributed by atoms with Crippen LogP contribution in [-0.4, -0.2) is 46.3 Å². The molecule has 0 radical (unpaired) electrons. The van der Waals surface area contributed by atoms with Crippen molar-refractivity contribution in [2.75, 3.05) is 20.4 Å². The molecule has 134 valence electrons. The van der Waals surface area contributed by atoms with Crippen LogP contribution in [0.25, 0.3) is 11.5 Å². The van der Waals surface area contributed by atoms with Crippen molar-refractivity contribution >= 4 is 17.7 Å². The number of hydrogen-bond donors (Lipinski definition) is 1. The number of nitrogens with zero attached hydrogens (tertiary/aromatic N) is 4. The first kappa shape index (κ1) is 16.6. The molecular weight excluding hydrogens is 357 g/mol. The van der Waals surface area contributed by atoms with Crippen LogP contribution >= 0.6 is 11.8 Å². The third kappa shape index (κ3) is 3.05. The molecule has 1 aromatic carbocycles. The van der Waals surface area contributed by atoms with E-state index in [1.54, 1.807) is 5.41 Å². The number of fused-ring (bicyclic) bond motifs is 1. The van der Waals surface area contributed by atoms with Gasteiger partial charge in [-0.3, -0.25) is 4.79 Å². The van der Waals surface area contributed by atoms with Gasteiger partial charge in [-0.1, -0.05) is 23.9 Å². The van der Waals surface area contributed by atoms with Crippen LogP contribution in [0.1, 0.15) is 5.56 Å². The molecule has 1 aromatic heterocycles. The lowest BCUT2D eigenvalue weighted by molar-refractivity contribution is -0.120. The van der Waals surface area contributed by atoms with E-state index in [0.717, 1.165) is 16.2 Å². The number of carbonyl (C=O) groups excluding carboxylic acids is 1. The summed E-state index contributed by atoms with van der Waals surface area (Å²) in [6, 6.07) is 7.39. The first-order valence-corrected chi connectivity index (χ1v) is 8.83. The molecule has 4 rings (SSSR count). The number of halogens is 1. The van der Waals surface area contributed by atoms with Crippen LogP contribution in [0.2, 0.25) is 0 Å². The van der Waals surface area contributed by atoms with Crippen molar-refractivity contribution < 1.29 is 13.6 Å². The molecule has 1 N–H and O–H groups in total. The SMILES string of the molecule is CN1CN2C(CF)=CSC2=C1NC(=O)Cc1ccc(-c2nnco2)cc1. The molecule has 1 amide bonds. The van der Waals surface area contributed by atoms with Crippen LogP contribution in [-0.2, 0) is 11.2 Å². The Kier molecular flexibility index (Phi) is 4.37. The molecule has 2 aliphatic rings. The Balaban J connectivity index is 1.42. The Morgan fingerprint density at radius 1 is 1.38 bits per heavy atom. The second-order valence-corrected chi connectivity index (χ2v) is 6.81. The lowest BCUT2D eigenvalue weighted by Crippen LogP contribution is -2.32. The van der Waals surface area contributed by atoms with E-state index in [1.807, 2.05) is 41.1 Å². The molecule has 2 aliphatic heterocycles. The summed E-state index contributed by atoms with van der Waals surface area (Å²) in [5.41, 5.74) is 2.29. The van der Waals surface area contributed by atoms with Gasteiger partial charge in [-0.15, -0.1) is 10.2 Å². The topological polar surface area (TPSA) is 74.5 Å². The van der Waals surface area contributed by atoms with Crippen LogP contribution in [0.3, 0.4) is 0 Å². The Hall–Kier alpha value is -2.81. The normalized spacial score (nSPS) is 16.2. The summed E-state index contributed by atoms with van der Waals surface area (Å²) in [7, 11) is 1.87. The van der Waals surface area contributed by atoms with Gasteiger partial charge in [0, 0.05) is 12.6 Å². The van der Waals surface area contributed by atoms with Crippen LogP contribution in [0.5, 0.6) is 0 Å². The largest absolute Gasteiger partial charge is 0.423 e. The fourth-order valence-corrected chi connectivity index (χ4v) is 3.90. The van der Waals surface area contributed by atoms with E-state index < -0.39 is 6.67 Å². The van der Waals surface area contributed by atoms with E-state index in [2.05, 4.69) is 15.5 Å². The van der Waals surface area contributed by atoms with Gasteiger partial charge in [0.15, 0.2) is 0 Å². The quantitative estimate of drug-likeness (QED) is 0.862. The molecule has 0 saturated heterocycles. The lowest BCUT2D eigenvalue weighted by Gasteiger charge is -2.18. The van der Waals surface area contributed by atoms with E-state index in [9.17, 15) is 9.18 Å². The van der Waals surface area contributed by atoms with Gasteiger partial charge in [0.25, 0.3) is 0 Å². The van der Waals surface area contributed by atoms with E-state index in [-0.39, 0.29) is 12.3 Å². The molecular formula is C17H16FN5O2S. The smallest absolute Gasteiger partial charge is 0.247 e. The molecule has 0 atom stereocenters. The number of thioether (sulfide) groups is 1. The van der Waals surface area contributed by atoms with Crippen molar-refractivity contribution in [3.8, 4) is 11.5 Å². The lowest BCUT2D eigenvalue weighted by atomic mass is 10.1. The van der Waals surface area contributed by atoms with E-state index >= 15 is 0 Å². The molecule has 0 unspecified atom stereocenters. The number of allylic oxidation sites excluding steroid dienone is 1. The third-order valence-electron chi connectivity index (χ3n) is 4.16. The van der Waals surface area contributed by atoms with Crippen molar-refractivity contribution in [1.29, 1.82) is 0 Å². The van der Waals surface area contributed by atoms with E-state index in [0.29, 0.717) is 24.1 Å². The maximum atomic E-state index is 13.0. The molecule has 3 heterocycles. The van der Waals surface area contributed by atoms with Crippen LogP contribution in [0.4, 0.5) is 4.39 Å². The summed E-state index contributed by atoms with van der Waals surface area (Å²) >= 11 is 1.43. The fourth-order valence-electron chi connectivity index (χ4n) is 2.84. The maximum Gasteiger partial charge on any atom is 0.247 e. The molecule has 0 bridgehead atoms. The summed E-state index contributed by atoms with van der Waals surface area (Å²) in [5.74, 6) is 1.03. The summed E-state index contributed by atoms with van der Waals surface area (Å²) < 4.78 is 18.2. The Morgan fingerprint density at radius 2 is 2.19 bits per heavy atom. The molecule has 2 aromatic rings. The number of carbonyl (C=O) groups is 1. The Labute approximate surface area is 153 Å². The van der Waals surface area contributed by atoms with Gasteiger partial charge in [0.05, 0.1) is 18.8 Å². The second-order valence-electron chi connectivity index (χ2n) is 5.95. The highest BCUT2D eigenvalue weighted by molar-refractivity contribution is 8.06. The van der Waals surface area contributed by atoms with Crippen molar-refractivity contribution in [3.63, 3.8) is 0 Å². The van der Waals surface area contributed by atoms with Gasteiger partial charge in [-0.2, -0.15) is 0 Å². The minimum absolute atomic E-state index is 0.124. The molecule has 26 heavy (non-hydrogen) atoms. The van der Waals surface area contributed by atoms with E-state index in [4.69, 9.17) is 4.42 Å². The van der Waals surface area contributed by atoms with E-state index in [1.165, 1.54) is 18.2 Å². The summed E-state index contributed by atoms with van der Waals surface area (Å²) in [4.78, 5) is 16.2. The Morgan fingerprint density at radius 3 is 2.88 bits per heavy atom. The minimum atomic E-state index is -0.516. The van der Waals surface area contributed by atoms with Gasteiger partial charge in [0.2, 0.25) is 18.2 Å². The average molecular weight is 373 g/mol. The average Bonchev–Trinajstić information content (AvgIpc) is 3.35. The highest BCUT2D eigenvalue weighted by Gasteiger charge is 2.33. The standard InChI is InChI=1S/C17H16FN5O2S/c1-22-10-23-13(7-18)8-26-17(23)15(22)20-14(24)6-11-2-4-12(5-3-11)16-21-19-9-25-16/h2-5,8-9H,6-7,10H2,1H3,(H,20,24). The Bertz CT molecular complexity index is 879. The van der Waals surface area contributed by atoms with Gasteiger partial charge in [-0.25, -0.2) is 4.39 Å². The van der Waals surface area contributed by atoms with Gasteiger partial charge >= 0.3 is 0 Å². The predicted molar refractivity (Wildman–Crippen MR) is 94.7 cm³/mol. The first-order chi connectivity index (χ1) is 12.7. The summed E-state index contributed by atoms with van der Waals surface area (Å²) in [6.45, 7) is 0.0184. The zero-order valence-corrected chi connectivity index (χ0v) is 14.8. The van der Waals surface area contributed by atoms with Crippen LogP contribution < -0.4 is 5.32 Å². The molecule has 9 heteroatoms. The third-order valence-corrected chi connectivity index (χ3v) is 5.18. The number of aromatic nitrogens is 2. The van der Waals surface area contributed by atoms with Gasteiger partial charge in [0.1, 0.15) is 17.5 Å². The fraction of sp³-hybridized carbons (Fsp3) is 0.235. The number of hydrogen-bond acceptors (Lipinski definition) is 7. The monoisotopic (exact) mass is 373 g/mol. The van der Waals surface area contributed by atoms with Crippen molar-refractivity contribution in [1.82, 2.24) is 25.3 Å². The predicted octanol–water partition coefficient (Wildman–Crippen LogP) is 2.28. The van der Waals surface area contributed by atoms with Gasteiger partial charge in [-0.05, 0) is 23.1 Å². The maximum absolute atomic E-state index is 13.0. The zero-order valence-electron chi connectivity index (χ0n) is 14.0. The number of alkyl halides is 1.